The summed E-state index contributed by atoms with van der Waals surface area (Å²) in [5.74, 6) is 0.305. The van der Waals surface area contributed by atoms with Gasteiger partial charge in [-0.05, 0) is 36.4 Å². The number of amides is 1. The van der Waals surface area contributed by atoms with Gasteiger partial charge in [0, 0.05) is 11.3 Å². The number of rotatable bonds is 3. The van der Waals surface area contributed by atoms with E-state index < -0.39 is 0 Å². The third kappa shape index (κ3) is 2.66. The summed E-state index contributed by atoms with van der Waals surface area (Å²) in [4.78, 5) is 12.2. The molecule has 1 heterocycles. The SMILES string of the molecule is COc1ccc(NC(=O)c2ccc3n[nH]nc3c2)cc1Cl. The molecule has 0 aliphatic rings. The van der Waals surface area contributed by atoms with Gasteiger partial charge >= 0.3 is 0 Å². The first kappa shape index (κ1) is 13.4. The summed E-state index contributed by atoms with van der Waals surface area (Å²) in [5.41, 5.74) is 2.42. The molecule has 0 saturated carbocycles. The van der Waals surface area contributed by atoms with Crippen LogP contribution in [0.2, 0.25) is 5.02 Å². The number of aromatic nitrogens is 3. The molecule has 106 valence electrons. The van der Waals surface area contributed by atoms with E-state index in [4.69, 9.17) is 16.3 Å². The second-order valence-corrected chi connectivity index (χ2v) is 4.74. The van der Waals surface area contributed by atoms with Gasteiger partial charge in [0.05, 0.1) is 12.1 Å². The zero-order valence-electron chi connectivity index (χ0n) is 11.1. The topological polar surface area (TPSA) is 79.9 Å². The maximum Gasteiger partial charge on any atom is 0.255 e. The molecule has 0 aliphatic heterocycles. The average molecular weight is 303 g/mol. The van der Waals surface area contributed by atoms with Crippen LogP contribution in [0.3, 0.4) is 0 Å². The van der Waals surface area contributed by atoms with Crippen LogP contribution < -0.4 is 10.1 Å². The molecule has 0 aliphatic carbocycles. The Bertz CT molecular complexity index is 816. The van der Waals surface area contributed by atoms with Gasteiger partial charge in [0.2, 0.25) is 0 Å². The number of aromatic amines is 1. The summed E-state index contributed by atoms with van der Waals surface area (Å²) in [6.45, 7) is 0. The number of methoxy groups -OCH3 is 1. The molecule has 1 aromatic heterocycles. The van der Waals surface area contributed by atoms with Crippen LogP contribution in [0.4, 0.5) is 5.69 Å². The number of ether oxygens (including phenoxy) is 1. The minimum absolute atomic E-state index is 0.249. The van der Waals surface area contributed by atoms with Crippen molar-refractivity contribution in [3.63, 3.8) is 0 Å². The van der Waals surface area contributed by atoms with Crippen LogP contribution in [0.15, 0.2) is 36.4 Å². The molecule has 1 amide bonds. The fourth-order valence-electron chi connectivity index (χ4n) is 1.93. The molecule has 0 radical (unpaired) electrons. The van der Waals surface area contributed by atoms with Crippen LogP contribution in [0.5, 0.6) is 5.75 Å². The molecule has 0 bridgehead atoms. The zero-order valence-corrected chi connectivity index (χ0v) is 11.8. The second-order valence-electron chi connectivity index (χ2n) is 4.33. The Morgan fingerprint density at radius 3 is 2.76 bits per heavy atom. The van der Waals surface area contributed by atoms with Crippen LogP contribution in [-0.2, 0) is 0 Å². The van der Waals surface area contributed by atoms with Crippen LogP contribution in [0.25, 0.3) is 11.0 Å². The van der Waals surface area contributed by atoms with E-state index in [0.29, 0.717) is 33.1 Å². The Balaban J connectivity index is 1.83. The second kappa shape index (κ2) is 5.41. The predicted octanol–water partition coefficient (Wildman–Crippen LogP) is 2.87. The fraction of sp³-hybridized carbons (Fsp3) is 0.0714. The number of H-pyrrole nitrogens is 1. The van der Waals surface area contributed by atoms with E-state index in [1.54, 1.807) is 36.4 Å². The Morgan fingerprint density at radius 1 is 1.19 bits per heavy atom. The molecule has 0 atom stereocenters. The monoisotopic (exact) mass is 302 g/mol. The van der Waals surface area contributed by atoms with Gasteiger partial charge in [-0.15, -0.1) is 0 Å². The lowest BCUT2D eigenvalue weighted by molar-refractivity contribution is 0.102. The van der Waals surface area contributed by atoms with Gasteiger partial charge in [0.15, 0.2) is 0 Å². The molecule has 3 rings (SSSR count). The summed E-state index contributed by atoms with van der Waals surface area (Å²) in [7, 11) is 1.53. The lowest BCUT2D eigenvalue weighted by Crippen LogP contribution is -2.11. The molecule has 3 aromatic rings. The van der Waals surface area contributed by atoms with Crippen molar-refractivity contribution in [2.24, 2.45) is 0 Å². The van der Waals surface area contributed by atoms with Gasteiger partial charge in [-0.1, -0.05) is 11.6 Å². The van der Waals surface area contributed by atoms with Gasteiger partial charge in [-0.25, -0.2) is 0 Å². The van der Waals surface area contributed by atoms with Crippen molar-refractivity contribution in [2.75, 3.05) is 12.4 Å². The van der Waals surface area contributed by atoms with E-state index >= 15 is 0 Å². The van der Waals surface area contributed by atoms with Gasteiger partial charge < -0.3 is 10.1 Å². The normalized spacial score (nSPS) is 10.6. The number of halogens is 1. The summed E-state index contributed by atoms with van der Waals surface area (Å²) in [5, 5.41) is 13.6. The summed E-state index contributed by atoms with van der Waals surface area (Å²) < 4.78 is 5.07. The van der Waals surface area contributed by atoms with E-state index in [1.165, 1.54) is 7.11 Å². The van der Waals surface area contributed by atoms with Crippen molar-refractivity contribution in [3.8, 4) is 5.75 Å². The van der Waals surface area contributed by atoms with E-state index in [-0.39, 0.29) is 5.91 Å². The lowest BCUT2D eigenvalue weighted by atomic mass is 10.2. The number of hydrogen-bond donors (Lipinski definition) is 2. The minimum Gasteiger partial charge on any atom is -0.495 e. The maximum atomic E-state index is 12.2. The highest BCUT2D eigenvalue weighted by molar-refractivity contribution is 6.32. The Labute approximate surface area is 125 Å². The Morgan fingerprint density at radius 2 is 2.00 bits per heavy atom. The fourth-order valence-corrected chi connectivity index (χ4v) is 2.19. The maximum absolute atomic E-state index is 12.2. The molecule has 6 nitrogen and oxygen atoms in total. The molecule has 7 heteroatoms. The van der Waals surface area contributed by atoms with E-state index in [1.807, 2.05) is 0 Å². The number of carbonyl (C=O) groups excluding carboxylic acids is 1. The van der Waals surface area contributed by atoms with E-state index in [2.05, 4.69) is 20.7 Å². The smallest absolute Gasteiger partial charge is 0.255 e. The number of carbonyl (C=O) groups is 1. The third-order valence-electron chi connectivity index (χ3n) is 2.99. The molecule has 21 heavy (non-hydrogen) atoms. The van der Waals surface area contributed by atoms with Crippen molar-refractivity contribution >= 4 is 34.2 Å². The van der Waals surface area contributed by atoms with Crippen molar-refractivity contribution in [1.82, 2.24) is 15.4 Å². The first-order chi connectivity index (χ1) is 10.2. The molecule has 0 saturated heterocycles. The van der Waals surface area contributed by atoms with Crippen LogP contribution >= 0.6 is 11.6 Å². The number of nitrogens with zero attached hydrogens (tertiary/aromatic N) is 2. The quantitative estimate of drug-likeness (QED) is 0.779. The first-order valence-corrected chi connectivity index (χ1v) is 6.50. The molecule has 0 spiro atoms. The minimum atomic E-state index is -0.249. The average Bonchev–Trinajstić information content (AvgIpc) is 2.94. The highest BCUT2D eigenvalue weighted by Crippen LogP contribution is 2.27. The molecule has 0 unspecified atom stereocenters. The molecular formula is C14H11ClN4O2. The number of anilines is 1. The lowest BCUT2D eigenvalue weighted by Gasteiger charge is -2.08. The largest absolute Gasteiger partial charge is 0.495 e. The van der Waals surface area contributed by atoms with Gasteiger partial charge in [0.1, 0.15) is 16.8 Å². The number of hydrogen-bond acceptors (Lipinski definition) is 4. The Hall–Kier alpha value is -2.60. The van der Waals surface area contributed by atoms with Crippen LogP contribution in [0.1, 0.15) is 10.4 Å². The Kier molecular flexibility index (Phi) is 3.45. The van der Waals surface area contributed by atoms with E-state index in [9.17, 15) is 4.79 Å². The van der Waals surface area contributed by atoms with E-state index in [0.717, 1.165) is 0 Å². The van der Waals surface area contributed by atoms with Crippen LogP contribution in [-0.4, -0.2) is 28.4 Å². The number of benzene rings is 2. The van der Waals surface area contributed by atoms with Crippen molar-refractivity contribution < 1.29 is 9.53 Å². The number of fused-ring (bicyclic) bond motifs is 1. The molecular weight excluding hydrogens is 292 g/mol. The van der Waals surface area contributed by atoms with Gasteiger partial charge in [-0.2, -0.15) is 15.4 Å². The highest BCUT2D eigenvalue weighted by Gasteiger charge is 2.10. The molecule has 2 N–H and O–H groups in total. The predicted molar refractivity (Wildman–Crippen MR) is 79.8 cm³/mol. The summed E-state index contributed by atoms with van der Waals surface area (Å²) in [6, 6.07) is 10.1. The van der Waals surface area contributed by atoms with Crippen LogP contribution in [0, 0.1) is 0 Å². The van der Waals surface area contributed by atoms with Crippen molar-refractivity contribution in [1.29, 1.82) is 0 Å². The molecule has 2 aromatic carbocycles. The van der Waals surface area contributed by atoms with Crippen molar-refractivity contribution in [3.05, 3.63) is 47.0 Å². The summed E-state index contributed by atoms with van der Waals surface area (Å²) >= 11 is 6.02. The van der Waals surface area contributed by atoms with Gasteiger partial charge in [-0.3, -0.25) is 4.79 Å². The first-order valence-electron chi connectivity index (χ1n) is 6.13. The zero-order chi connectivity index (χ0) is 14.8. The standard InChI is InChI=1S/C14H11ClN4O2/c1-21-13-5-3-9(7-10(13)15)16-14(20)8-2-4-11-12(6-8)18-19-17-11/h2-7H,1H3,(H,16,20)(H,17,18,19). The summed E-state index contributed by atoms with van der Waals surface area (Å²) in [6.07, 6.45) is 0. The number of nitrogens with one attached hydrogen (secondary N) is 2. The van der Waals surface area contributed by atoms with Crippen molar-refractivity contribution in [2.45, 2.75) is 0 Å². The third-order valence-corrected chi connectivity index (χ3v) is 3.28. The highest BCUT2D eigenvalue weighted by atomic mass is 35.5. The molecule has 0 fully saturated rings. The van der Waals surface area contributed by atoms with Gasteiger partial charge in [0.25, 0.3) is 5.91 Å².